The molecule has 1 saturated heterocycles. The Labute approximate surface area is 314 Å². The van der Waals surface area contributed by atoms with Gasteiger partial charge >= 0.3 is 0 Å². The van der Waals surface area contributed by atoms with Gasteiger partial charge in [-0.1, -0.05) is 74.8 Å². The highest BCUT2D eigenvalue weighted by molar-refractivity contribution is 6.30. The number of ether oxygens (including phenoxy) is 3. The van der Waals surface area contributed by atoms with Gasteiger partial charge in [-0.3, -0.25) is 9.59 Å². The number of hydrogen-bond acceptors (Lipinski definition) is 7. The highest BCUT2D eigenvalue weighted by Gasteiger charge is 2.41. The topological polar surface area (TPSA) is 101 Å². The van der Waals surface area contributed by atoms with Crippen LogP contribution in [-0.4, -0.2) is 80.5 Å². The van der Waals surface area contributed by atoms with Crippen LogP contribution in [0.2, 0.25) is 5.02 Å². The van der Waals surface area contributed by atoms with Gasteiger partial charge in [-0.15, -0.1) is 12.4 Å². The number of nitrogens with zero attached hydrogens (tertiary/aromatic N) is 2. The summed E-state index contributed by atoms with van der Waals surface area (Å²) in [7, 11) is 1.60. The first-order valence-electron chi connectivity index (χ1n) is 17.8. The summed E-state index contributed by atoms with van der Waals surface area (Å²) in [5, 5.41) is 14.0. The van der Waals surface area contributed by atoms with Crippen molar-refractivity contribution in [3.8, 4) is 11.5 Å². The van der Waals surface area contributed by atoms with Gasteiger partial charge in [0.2, 0.25) is 5.91 Å². The highest BCUT2D eigenvalue weighted by Crippen LogP contribution is 2.46. The Kier molecular flexibility index (Phi) is 15.0. The van der Waals surface area contributed by atoms with Crippen molar-refractivity contribution in [1.29, 1.82) is 0 Å². The van der Waals surface area contributed by atoms with Crippen molar-refractivity contribution in [3.63, 3.8) is 0 Å². The first kappa shape index (κ1) is 40.4. The third kappa shape index (κ3) is 11.1. The van der Waals surface area contributed by atoms with Crippen molar-refractivity contribution in [2.24, 2.45) is 5.41 Å². The van der Waals surface area contributed by atoms with E-state index < -0.39 is 18.3 Å². The van der Waals surface area contributed by atoms with E-state index >= 15 is 0 Å². The Bertz CT molecular complexity index is 1580. The maximum Gasteiger partial charge on any atom is 0.256 e. The van der Waals surface area contributed by atoms with E-state index in [2.05, 4.69) is 50.4 Å². The Morgan fingerprint density at radius 2 is 1.73 bits per heavy atom. The fourth-order valence-corrected chi connectivity index (χ4v) is 6.80. The number of aliphatic hydroxyl groups is 1. The van der Waals surface area contributed by atoms with Gasteiger partial charge in [0.05, 0.1) is 26.2 Å². The number of methoxy groups -OCH3 is 1. The molecule has 11 heteroatoms. The van der Waals surface area contributed by atoms with E-state index in [9.17, 15) is 14.7 Å². The number of fused-ring (bicyclic) bond motifs is 1. The van der Waals surface area contributed by atoms with Crippen LogP contribution in [0.15, 0.2) is 66.7 Å². The van der Waals surface area contributed by atoms with E-state index in [1.807, 2.05) is 36.4 Å². The molecule has 2 heterocycles. The standard InChI is InChI=1S/C40H52ClN3O6.ClH/c1-40(2,3)27-44-33-17-16-29(41)25-32(33)37(50-35(39(44)47)26-36(46)43-22-18-30(45)19-23-43)31-14-8-15-34(38(31)48-4)49-24-10-21-42-20-9-13-28-11-6-5-7-12-28;/h5-8,11-12,14-17,25,30,35,37,42,45H,9-10,13,18-24,26-27H2,1-4H3;1H/t35-,37-;/m1./s1. The number of hydrogen-bond donors (Lipinski definition) is 2. The third-order valence-corrected chi connectivity index (χ3v) is 9.36. The molecule has 0 spiro atoms. The molecule has 0 saturated carbocycles. The number of rotatable bonds is 14. The molecule has 2 aliphatic rings. The van der Waals surface area contributed by atoms with Gasteiger partial charge in [0.1, 0.15) is 12.2 Å². The van der Waals surface area contributed by atoms with Crippen molar-refractivity contribution < 1.29 is 28.9 Å². The van der Waals surface area contributed by atoms with Gasteiger partial charge in [0.15, 0.2) is 11.5 Å². The molecule has 0 bridgehead atoms. The minimum Gasteiger partial charge on any atom is -0.492 e. The summed E-state index contributed by atoms with van der Waals surface area (Å²) >= 11 is 6.60. The number of likely N-dealkylation sites (tertiary alicyclic amines) is 1. The van der Waals surface area contributed by atoms with Crippen LogP contribution in [-0.2, 0) is 20.7 Å². The molecule has 51 heavy (non-hydrogen) atoms. The van der Waals surface area contributed by atoms with Crippen LogP contribution in [0.1, 0.15) is 75.7 Å². The number of amides is 2. The van der Waals surface area contributed by atoms with Crippen molar-refractivity contribution in [1.82, 2.24) is 10.2 Å². The smallest absolute Gasteiger partial charge is 0.256 e. The van der Waals surface area contributed by atoms with Gasteiger partial charge in [0, 0.05) is 41.5 Å². The predicted molar refractivity (Wildman–Crippen MR) is 204 cm³/mol. The number of aliphatic hydroxyl groups excluding tert-OH is 1. The number of carbonyl (C=O) groups excluding carboxylic acids is 2. The average molecular weight is 743 g/mol. The zero-order chi connectivity index (χ0) is 35.7. The van der Waals surface area contributed by atoms with Crippen LogP contribution < -0.4 is 19.7 Å². The molecule has 1 fully saturated rings. The normalized spacial score (nSPS) is 18.1. The van der Waals surface area contributed by atoms with Crippen LogP contribution in [0.4, 0.5) is 5.69 Å². The number of halogens is 2. The Morgan fingerprint density at radius 1 is 1.00 bits per heavy atom. The van der Waals surface area contributed by atoms with Crippen molar-refractivity contribution >= 4 is 41.5 Å². The number of nitrogens with one attached hydrogen (secondary N) is 1. The Balaban J connectivity index is 0.00000583. The summed E-state index contributed by atoms with van der Waals surface area (Å²) in [6, 6.07) is 21.6. The quantitative estimate of drug-likeness (QED) is 0.172. The fraction of sp³-hybridized carbons (Fsp3) is 0.500. The molecule has 278 valence electrons. The summed E-state index contributed by atoms with van der Waals surface area (Å²) in [5.41, 5.74) is 3.17. The molecule has 3 aromatic carbocycles. The van der Waals surface area contributed by atoms with Gasteiger partial charge in [0.25, 0.3) is 5.91 Å². The second kappa shape index (κ2) is 18.9. The minimum atomic E-state index is -1.06. The van der Waals surface area contributed by atoms with Gasteiger partial charge < -0.3 is 34.4 Å². The van der Waals surface area contributed by atoms with Crippen molar-refractivity contribution in [3.05, 3.63) is 88.4 Å². The first-order chi connectivity index (χ1) is 24.0. The molecular weight excluding hydrogens is 689 g/mol. The predicted octanol–water partition coefficient (Wildman–Crippen LogP) is 7.00. The number of aryl methyl sites for hydroxylation is 1. The Morgan fingerprint density at radius 3 is 2.43 bits per heavy atom. The maximum absolute atomic E-state index is 14.4. The molecule has 0 radical (unpaired) electrons. The Hall–Kier alpha value is -3.34. The van der Waals surface area contributed by atoms with E-state index in [0.29, 0.717) is 72.4 Å². The van der Waals surface area contributed by atoms with E-state index in [0.717, 1.165) is 32.4 Å². The summed E-state index contributed by atoms with van der Waals surface area (Å²) in [6.45, 7) is 9.77. The lowest BCUT2D eigenvalue weighted by Crippen LogP contribution is -2.47. The minimum absolute atomic E-state index is 0. The van der Waals surface area contributed by atoms with Crippen LogP contribution in [0, 0.1) is 5.41 Å². The molecular formula is C40H53Cl2N3O6. The van der Waals surface area contributed by atoms with Gasteiger partial charge in [-0.25, -0.2) is 0 Å². The fourth-order valence-electron chi connectivity index (χ4n) is 6.62. The monoisotopic (exact) mass is 741 g/mol. The molecule has 5 rings (SSSR count). The lowest BCUT2D eigenvalue weighted by molar-refractivity contribution is -0.144. The number of anilines is 1. The summed E-state index contributed by atoms with van der Waals surface area (Å²) in [6.07, 6.45) is 1.59. The van der Waals surface area contributed by atoms with Gasteiger partial charge in [-0.05, 0) is 80.4 Å². The largest absolute Gasteiger partial charge is 0.492 e. The molecule has 0 aromatic heterocycles. The molecule has 2 aliphatic heterocycles. The van der Waals surface area contributed by atoms with Crippen molar-refractivity contribution in [2.45, 2.75) is 77.6 Å². The molecule has 2 amide bonds. The van der Waals surface area contributed by atoms with Crippen LogP contribution in [0.25, 0.3) is 0 Å². The molecule has 2 atom stereocenters. The summed E-state index contributed by atoms with van der Waals surface area (Å²) in [4.78, 5) is 31.4. The second-order valence-corrected chi connectivity index (χ2v) is 14.9. The number of benzene rings is 3. The lowest BCUT2D eigenvalue weighted by Gasteiger charge is -2.33. The maximum atomic E-state index is 14.4. The van der Waals surface area contributed by atoms with E-state index in [1.54, 1.807) is 23.0 Å². The highest BCUT2D eigenvalue weighted by atomic mass is 35.5. The van der Waals surface area contributed by atoms with Crippen LogP contribution in [0.5, 0.6) is 11.5 Å². The lowest BCUT2D eigenvalue weighted by atomic mass is 9.94. The summed E-state index contributed by atoms with van der Waals surface area (Å²) in [5.74, 6) is 0.624. The second-order valence-electron chi connectivity index (χ2n) is 14.4. The molecule has 0 aliphatic carbocycles. The van der Waals surface area contributed by atoms with Crippen LogP contribution in [0.3, 0.4) is 0 Å². The SMILES string of the molecule is COc1c(OCCCNCCCc2ccccc2)cccc1[C@H]1O[C@H](CC(=O)N2CCC(O)CC2)C(=O)N(CC(C)(C)C)c2ccc(Cl)cc21.Cl. The molecule has 3 aromatic rings. The van der Waals surface area contributed by atoms with E-state index in [1.165, 1.54) is 5.56 Å². The molecule has 9 nitrogen and oxygen atoms in total. The average Bonchev–Trinajstić information content (AvgIpc) is 3.19. The van der Waals surface area contributed by atoms with Crippen LogP contribution >= 0.6 is 24.0 Å². The van der Waals surface area contributed by atoms with Gasteiger partial charge in [-0.2, -0.15) is 0 Å². The van der Waals surface area contributed by atoms with E-state index in [-0.39, 0.29) is 36.1 Å². The zero-order valence-electron chi connectivity index (χ0n) is 30.2. The first-order valence-corrected chi connectivity index (χ1v) is 18.2. The number of piperidine rings is 1. The third-order valence-electron chi connectivity index (χ3n) is 9.13. The van der Waals surface area contributed by atoms with Crippen molar-refractivity contribution in [2.75, 3.05) is 51.3 Å². The van der Waals surface area contributed by atoms with E-state index in [4.69, 9.17) is 25.8 Å². The molecule has 2 N–H and O–H groups in total. The zero-order valence-corrected chi connectivity index (χ0v) is 31.8. The number of para-hydroxylation sites is 1. The summed E-state index contributed by atoms with van der Waals surface area (Å²) < 4.78 is 19.0. The number of carbonyl (C=O) groups is 2. The molecule has 0 unspecified atom stereocenters.